The normalized spacial score (nSPS) is 19.4. The number of hydrogen-bond donors (Lipinski definition) is 0. The van der Waals surface area contributed by atoms with Crippen molar-refractivity contribution in [3.05, 3.63) is 51.7 Å². The number of hydrogen-bond acceptors (Lipinski definition) is 3. The highest BCUT2D eigenvalue weighted by Gasteiger charge is 2.38. The molecule has 27 heavy (non-hydrogen) atoms. The van der Waals surface area contributed by atoms with Crippen LogP contribution >= 0.6 is 11.3 Å². The molecule has 2 aliphatic heterocycles. The first-order chi connectivity index (χ1) is 13.1. The lowest BCUT2D eigenvalue weighted by Crippen LogP contribution is -2.49. The molecule has 0 radical (unpaired) electrons. The molecule has 0 bridgehead atoms. The first kappa shape index (κ1) is 18.2. The van der Waals surface area contributed by atoms with E-state index in [2.05, 4.69) is 32.0 Å². The van der Waals surface area contributed by atoms with Gasteiger partial charge >= 0.3 is 0 Å². The summed E-state index contributed by atoms with van der Waals surface area (Å²) in [6.07, 6.45) is 3.64. The highest BCUT2D eigenvalue weighted by molar-refractivity contribution is 7.12. The van der Waals surface area contributed by atoms with E-state index < -0.39 is 0 Å². The van der Waals surface area contributed by atoms with E-state index in [0.29, 0.717) is 12.5 Å². The van der Waals surface area contributed by atoms with Gasteiger partial charge < -0.3 is 9.80 Å². The van der Waals surface area contributed by atoms with Crippen molar-refractivity contribution in [1.82, 2.24) is 4.90 Å². The number of likely N-dealkylation sites (tertiary alicyclic amines) is 1. The van der Waals surface area contributed by atoms with Crippen molar-refractivity contribution in [3.8, 4) is 0 Å². The van der Waals surface area contributed by atoms with Crippen LogP contribution in [-0.2, 0) is 11.2 Å². The van der Waals surface area contributed by atoms with Crippen molar-refractivity contribution >= 4 is 28.8 Å². The molecule has 142 valence electrons. The van der Waals surface area contributed by atoms with E-state index in [1.807, 2.05) is 22.4 Å². The maximum atomic E-state index is 13.4. The number of carbonyl (C=O) groups excluding carboxylic acids is 2. The van der Waals surface area contributed by atoms with Crippen molar-refractivity contribution < 1.29 is 9.59 Å². The molecule has 0 unspecified atom stereocenters. The third kappa shape index (κ3) is 3.41. The zero-order valence-electron chi connectivity index (χ0n) is 16.0. The standard InChI is InChI=1S/C22H26N2O2S/c1-15(2)16-9-10-18-17(14-16)6-3-11-23(18)21(25)19-7-4-12-24(19)22(26)20-8-5-13-27-20/h5,8-10,13-15,19H,3-4,6-7,11-12H2,1-2H3/t19-/m0/s1. The van der Waals surface area contributed by atoms with Crippen molar-refractivity contribution in [2.45, 2.75) is 51.5 Å². The monoisotopic (exact) mass is 382 g/mol. The molecular weight excluding hydrogens is 356 g/mol. The molecular formula is C22H26N2O2S. The van der Waals surface area contributed by atoms with Crippen molar-refractivity contribution in [3.63, 3.8) is 0 Å². The fourth-order valence-electron chi connectivity index (χ4n) is 4.19. The van der Waals surface area contributed by atoms with E-state index >= 15 is 0 Å². The molecule has 1 atom stereocenters. The SMILES string of the molecule is CC(C)c1ccc2c(c1)CCCN2C(=O)[C@@H]1CCCN1C(=O)c1cccs1. The molecule has 3 heterocycles. The summed E-state index contributed by atoms with van der Waals surface area (Å²) in [7, 11) is 0. The van der Waals surface area contributed by atoms with Crippen LogP contribution < -0.4 is 4.90 Å². The molecule has 2 aromatic rings. The van der Waals surface area contributed by atoms with Crippen LogP contribution in [-0.4, -0.2) is 35.8 Å². The molecule has 4 nitrogen and oxygen atoms in total. The van der Waals surface area contributed by atoms with Gasteiger partial charge in [0.25, 0.3) is 5.91 Å². The van der Waals surface area contributed by atoms with Crippen molar-refractivity contribution in [1.29, 1.82) is 0 Å². The average Bonchev–Trinajstić information content (AvgIpc) is 3.37. The summed E-state index contributed by atoms with van der Waals surface area (Å²) in [5.74, 6) is 0.555. The van der Waals surface area contributed by atoms with E-state index in [9.17, 15) is 9.59 Å². The van der Waals surface area contributed by atoms with Gasteiger partial charge in [0.1, 0.15) is 6.04 Å². The summed E-state index contributed by atoms with van der Waals surface area (Å²) in [4.78, 5) is 30.7. The fourth-order valence-corrected chi connectivity index (χ4v) is 4.87. The van der Waals surface area contributed by atoms with E-state index in [1.165, 1.54) is 22.5 Å². The molecule has 0 saturated carbocycles. The fraction of sp³-hybridized carbons (Fsp3) is 0.455. The largest absolute Gasteiger partial charge is 0.326 e. The number of carbonyl (C=O) groups is 2. The highest BCUT2D eigenvalue weighted by Crippen LogP contribution is 2.33. The van der Waals surface area contributed by atoms with Crippen LogP contribution in [0.1, 0.15) is 59.8 Å². The average molecular weight is 383 g/mol. The zero-order chi connectivity index (χ0) is 19.0. The molecule has 2 amide bonds. The van der Waals surface area contributed by atoms with E-state index in [-0.39, 0.29) is 17.9 Å². The molecule has 1 aromatic carbocycles. The number of fused-ring (bicyclic) bond motifs is 1. The second-order valence-corrected chi connectivity index (χ2v) is 8.72. The summed E-state index contributed by atoms with van der Waals surface area (Å²) in [5.41, 5.74) is 3.61. The van der Waals surface area contributed by atoms with E-state index in [0.717, 1.165) is 42.8 Å². The number of rotatable bonds is 3. The van der Waals surface area contributed by atoms with E-state index in [4.69, 9.17) is 0 Å². The maximum absolute atomic E-state index is 13.4. The number of amides is 2. The van der Waals surface area contributed by atoms with Gasteiger partial charge in [0.05, 0.1) is 4.88 Å². The van der Waals surface area contributed by atoms with Gasteiger partial charge in [0.2, 0.25) is 5.91 Å². The summed E-state index contributed by atoms with van der Waals surface area (Å²) in [6.45, 7) is 5.80. The predicted octanol–water partition coefficient (Wildman–Crippen LogP) is 4.46. The highest BCUT2D eigenvalue weighted by atomic mass is 32.1. The third-order valence-corrected chi connectivity index (χ3v) is 6.54. The van der Waals surface area contributed by atoms with Crippen LogP contribution in [0.25, 0.3) is 0 Å². The zero-order valence-corrected chi connectivity index (χ0v) is 16.8. The lowest BCUT2D eigenvalue weighted by atomic mass is 9.94. The number of thiophene rings is 1. The Kier molecular flexibility index (Phi) is 5.04. The van der Waals surface area contributed by atoms with Crippen LogP contribution in [0.15, 0.2) is 35.7 Å². The first-order valence-electron chi connectivity index (χ1n) is 9.85. The lowest BCUT2D eigenvalue weighted by molar-refractivity contribution is -0.122. The summed E-state index contributed by atoms with van der Waals surface area (Å²) in [5, 5.41) is 1.91. The minimum absolute atomic E-state index is 0.00626. The van der Waals surface area contributed by atoms with Gasteiger partial charge in [-0.25, -0.2) is 0 Å². The smallest absolute Gasteiger partial charge is 0.264 e. The van der Waals surface area contributed by atoms with Gasteiger partial charge in [-0.3, -0.25) is 9.59 Å². The quantitative estimate of drug-likeness (QED) is 0.787. The van der Waals surface area contributed by atoms with Crippen LogP contribution in [0.4, 0.5) is 5.69 Å². The van der Waals surface area contributed by atoms with Crippen molar-refractivity contribution in [2.24, 2.45) is 0 Å². The molecule has 2 aliphatic rings. The molecule has 0 spiro atoms. The number of nitrogens with zero attached hydrogens (tertiary/aromatic N) is 2. The third-order valence-electron chi connectivity index (χ3n) is 5.69. The number of aryl methyl sites for hydroxylation is 1. The van der Waals surface area contributed by atoms with Gasteiger partial charge in [0, 0.05) is 18.8 Å². The molecule has 1 aromatic heterocycles. The second-order valence-electron chi connectivity index (χ2n) is 7.77. The molecule has 1 saturated heterocycles. The molecule has 0 aliphatic carbocycles. The van der Waals surface area contributed by atoms with Crippen molar-refractivity contribution in [2.75, 3.05) is 18.0 Å². The molecule has 0 N–H and O–H groups in total. The van der Waals surface area contributed by atoms with Gasteiger partial charge in [0.15, 0.2) is 0 Å². The Labute approximate surface area is 164 Å². The topological polar surface area (TPSA) is 40.6 Å². The van der Waals surface area contributed by atoms with Crippen LogP contribution in [0.5, 0.6) is 0 Å². The van der Waals surface area contributed by atoms with Gasteiger partial charge in [-0.15, -0.1) is 11.3 Å². The number of benzene rings is 1. The van der Waals surface area contributed by atoms with Gasteiger partial charge in [-0.1, -0.05) is 32.0 Å². The number of anilines is 1. The Morgan fingerprint density at radius 3 is 2.74 bits per heavy atom. The Bertz CT molecular complexity index is 844. The minimum Gasteiger partial charge on any atom is -0.326 e. The van der Waals surface area contributed by atoms with E-state index in [1.54, 1.807) is 4.90 Å². The van der Waals surface area contributed by atoms with Crippen LogP contribution in [0.2, 0.25) is 0 Å². The maximum Gasteiger partial charge on any atom is 0.264 e. The Morgan fingerprint density at radius 1 is 1.15 bits per heavy atom. The van der Waals surface area contributed by atoms with Gasteiger partial charge in [-0.2, -0.15) is 0 Å². The Morgan fingerprint density at radius 2 is 2.00 bits per heavy atom. The molecule has 5 heteroatoms. The second kappa shape index (κ2) is 7.47. The predicted molar refractivity (Wildman–Crippen MR) is 110 cm³/mol. The van der Waals surface area contributed by atoms with Crippen LogP contribution in [0.3, 0.4) is 0 Å². The Hall–Kier alpha value is -2.14. The summed E-state index contributed by atoms with van der Waals surface area (Å²) < 4.78 is 0. The Balaban J connectivity index is 1.59. The van der Waals surface area contributed by atoms with Gasteiger partial charge in [-0.05, 0) is 60.2 Å². The molecule has 1 fully saturated rings. The minimum atomic E-state index is -0.338. The molecule has 4 rings (SSSR count). The summed E-state index contributed by atoms with van der Waals surface area (Å²) in [6, 6.07) is 9.88. The summed E-state index contributed by atoms with van der Waals surface area (Å²) >= 11 is 1.44. The first-order valence-corrected chi connectivity index (χ1v) is 10.7. The van der Waals surface area contributed by atoms with Crippen LogP contribution in [0, 0.1) is 0 Å². The lowest BCUT2D eigenvalue weighted by Gasteiger charge is -2.34.